The van der Waals surface area contributed by atoms with Crippen molar-refractivity contribution in [1.82, 2.24) is 10.7 Å². The second kappa shape index (κ2) is 18.2. The van der Waals surface area contributed by atoms with Gasteiger partial charge in [-0.05, 0) is 48.2 Å². The van der Waals surface area contributed by atoms with Gasteiger partial charge < -0.3 is 20.3 Å². The molecule has 0 aromatic heterocycles. The van der Waals surface area contributed by atoms with E-state index in [2.05, 4.69) is 17.7 Å². The summed E-state index contributed by atoms with van der Waals surface area (Å²) in [5.74, 6) is 4.98. The average molecular weight is 528 g/mol. The zero-order valence-electron chi connectivity index (χ0n) is 22.7. The Balaban J connectivity index is 1.85. The molecular formula is C30H45N3O5. The molecule has 2 atom stereocenters. The molecule has 38 heavy (non-hydrogen) atoms. The van der Waals surface area contributed by atoms with Crippen LogP contribution < -0.4 is 16.6 Å². The summed E-state index contributed by atoms with van der Waals surface area (Å²) >= 11 is 0. The zero-order valence-corrected chi connectivity index (χ0v) is 22.7. The van der Waals surface area contributed by atoms with Crippen LogP contribution in [-0.4, -0.2) is 40.8 Å². The maximum absolute atomic E-state index is 13.0. The number of esters is 1. The molecule has 0 saturated heterocycles. The van der Waals surface area contributed by atoms with E-state index in [4.69, 9.17) is 10.6 Å². The van der Waals surface area contributed by atoms with Crippen LogP contribution in [0.25, 0.3) is 0 Å². The molecule has 0 saturated carbocycles. The van der Waals surface area contributed by atoms with Crippen molar-refractivity contribution >= 4 is 11.9 Å². The van der Waals surface area contributed by atoms with Crippen molar-refractivity contribution in [1.29, 1.82) is 0 Å². The van der Waals surface area contributed by atoms with Gasteiger partial charge >= 0.3 is 5.97 Å². The van der Waals surface area contributed by atoms with Gasteiger partial charge in [0.15, 0.2) is 0 Å². The summed E-state index contributed by atoms with van der Waals surface area (Å²) in [7, 11) is 0. The smallest absolute Gasteiger partial charge is 0.328 e. The van der Waals surface area contributed by atoms with Crippen LogP contribution >= 0.6 is 0 Å². The van der Waals surface area contributed by atoms with Gasteiger partial charge in [-0.2, -0.15) is 0 Å². The van der Waals surface area contributed by atoms with E-state index in [1.165, 1.54) is 44.9 Å². The average Bonchev–Trinajstić information content (AvgIpc) is 2.92. The van der Waals surface area contributed by atoms with Crippen molar-refractivity contribution in [3.63, 3.8) is 0 Å². The van der Waals surface area contributed by atoms with Gasteiger partial charge in [0.25, 0.3) is 0 Å². The normalized spacial score (nSPS) is 12.6. The predicted molar refractivity (Wildman–Crippen MR) is 149 cm³/mol. The second-order valence-electron chi connectivity index (χ2n) is 9.87. The number of nitrogens with two attached hydrogens (primary N) is 1. The Kier molecular flexibility index (Phi) is 14.9. The number of ether oxygens (including phenoxy) is 1. The molecule has 0 spiro atoms. The number of hydrogen-bond acceptors (Lipinski definition) is 7. The van der Waals surface area contributed by atoms with E-state index in [0.717, 1.165) is 30.4 Å². The van der Waals surface area contributed by atoms with Gasteiger partial charge in [-0.3, -0.25) is 10.6 Å². The summed E-state index contributed by atoms with van der Waals surface area (Å²) in [6.45, 7) is 2.54. The van der Waals surface area contributed by atoms with Crippen molar-refractivity contribution in [2.45, 2.75) is 96.1 Å². The van der Waals surface area contributed by atoms with Crippen LogP contribution in [0.4, 0.5) is 0 Å². The van der Waals surface area contributed by atoms with Gasteiger partial charge in [-0.15, -0.1) is 0 Å². The van der Waals surface area contributed by atoms with E-state index in [1.54, 1.807) is 48.5 Å². The molecule has 0 heterocycles. The minimum atomic E-state index is -0.897. The number of hydrogen-bond donors (Lipinski definition) is 5. The van der Waals surface area contributed by atoms with Crippen LogP contribution in [0.3, 0.4) is 0 Å². The quantitative estimate of drug-likeness (QED) is 0.0776. The summed E-state index contributed by atoms with van der Waals surface area (Å²) in [5.41, 5.74) is 4.09. The van der Waals surface area contributed by atoms with Gasteiger partial charge in [0.1, 0.15) is 23.6 Å². The molecule has 0 radical (unpaired) electrons. The molecule has 0 unspecified atom stereocenters. The maximum Gasteiger partial charge on any atom is 0.328 e. The summed E-state index contributed by atoms with van der Waals surface area (Å²) in [6, 6.07) is 11.3. The first kappa shape index (κ1) is 31.1. The van der Waals surface area contributed by atoms with Gasteiger partial charge in [-0.1, -0.05) is 89.0 Å². The number of aromatic hydroxyl groups is 2. The Morgan fingerprint density at radius 2 is 1.18 bits per heavy atom. The van der Waals surface area contributed by atoms with Crippen molar-refractivity contribution in [3.8, 4) is 11.5 Å². The number of rotatable bonds is 19. The molecule has 2 aromatic carbocycles. The number of nitrogens with one attached hydrogen (secondary N) is 2. The first-order valence-corrected chi connectivity index (χ1v) is 13.9. The third-order valence-electron chi connectivity index (χ3n) is 6.61. The topological polar surface area (TPSA) is 134 Å². The number of phenolic OH excluding ortho intramolecular Hbond substituents is 2. The fourth-order valence-corrected chi connectivity index (χ4v) is 4.29. The fourth-order valence-electron chi connectivity index (χ4n) is 4.29. The summed E-state index contributed by atoms with van der Waals surface area (Å²) < 4.78 is 5.54. The number of benzene rings is 2. The molecule has 6 N–H and O–H groups in total. The monoisotopic (exact) mass is 527 g/mol. The van der Waals surface area contributed by atoms with Crippen LogP contribution in [0.2, 0.25) is 0 Å². The summed E-state index contributed by atoms with van der Waals surface area (Å²) in [6.07, 6.45) is 12.4. The highest BCUT2D eigenvalue weighted by Crippen LogP contribution is 2.14. The number of unbranched alkanes of at least 4 members (excludes halogenated alkanes) is 9. The van der Waals surface area contributed by atoms with E-state index in [0.29, 0.717) is 6.61 Å². The molecule has 2 rings (SSSR count). The van der Waals surface area contributed by atoms with E-state index in [9.17, 15) is 19.8 Å². The van der Waals surface area contributed by atoms with Crippen molar-refractivity contribution < 1.29 is 24.5 Å². The minimum Gasteiger partial charge on any atom is -0.508 e. The maximum atomic E-state index is 13.0. The third kappa shape index (κ3) is 12.4. The fraction of sp³-hybridized carbons (Fsp3) is 0.533. The third-order valence-corrected chi connectivity index (χ3v) is 6.61. The predicted octanol–water partition coefficient (Wildman–Crippen LogP) is 4.66. The van der Waals surface area contributed by atoms with E-state index < -0.39 is 24.0 Å². The molecule has 0 fully saturated rings. The number of amides is 1. The molecule has 0 aliphatic rings. The van der Waals surface area contributed by atoms with Crippen LogP contribution in [-0.2, 0) is 27.2 Å². The van der Waals surface area contributed by atoms with Crippen LogP contribution in [0, 0.1) is 0 Å². The largest absolute Gasteiger partial charge is 0.508 e. The lowest BCUT2D eigenvalue weighted by Crippen LogP contribution is -2.53. The minimum absolute atomic E-state index is 0.124. The Morgan fingerprint density at radius 3 is 1.66 bits per heavy atom. The second-order valence-corrected chi connectivity index (χ2v) is 9.87. The first-order chi connectivity index (χ1) is 18.4. The Hall–Kier alpha value is -3.10. The van der Waals surface area contributed by atoms with Crippen molar-refractivity contribution in [2.75, 3.05) is 6.61 Å². The van der Waals surface area contributed by atoms with Gasteiger partial charge in [0.2, 0.25) is 5.91 Å². The standard InChI is InChI=1S/C30H45N3O5/c1-2-3-4-5-6-7-8-9-10-11-20-38-30(37)28(22-24-14-18-26(35)19-15-24)32-29(36)27(33-31)21-23-12-16-25(34)17-13-23/h12-19,27-28,33-35H,2-11,20-22,31H2,1H3,(H,32,36)/t27-,28-/m0/s1. The zero-order chi connectivity index (χ0) is 27.6. The Morgan fingerprint density at radius 1 is 0.737 bits per heavy atom. The van der Waals surface area contributed by atoms with E-state index in [1.807, 2.05) is 0 Å². The van der Waals surface area contributed by atoms with Gasteiger partial charge in [-0.25, -0.2) is 10.2 Å². The highest BCUT2D eigenvalue weighted by atomic mass is 16.5. The Bertz CT molecular complexity index is 934. The van der Waals surface area contributed by atoms with Crippen LogP contribution in [0.5, 0.6) is 11.5 Å². The molecule has 210 valence electrons. The van der Waals surface area contributed by atoms with Gasteiger partial charge in [0, 0.05) is 6.42 Å². The lowest BCUT2D eigenvalue weighted by Gasteiger charge is -2.22. The lowest BCUT2D eigenvalue weighted by molar-refractivity contribution is -0.148. The van der Waals surface area contributed by atoms with E-state index >= 15 is 0 Å². The Labute approximate surface area is 226 Å². The number of carbonyl (C=O) groups is 2. The van der Waals surface area contributed by atoms with Crippen molar-refractivity contribution in [2.24, 2.45) is 5.84 Å². The molecule has 0 bridgehead atoms. The SMILES string of the molecule is CCCCCCCCCCCCOC(=O)[C@H](Cc1ccc(O)cc1)NC(=O)[C@H](Cc1ccc(O)cc1)NN. The number of hydrazine groups is 1. The summed E-state index contributed by atoms with van der Waals surface area (Å²) in [5, 5.41) is 21.8. The molecule has 0 aliphatic carbocycles. The number of carbonyl (C=O) groups excluding carboxylic acids is 2. The molecule has 0 aliphatic heterocycles. The molecule has 2 aromatic rings. The highest BCUT2D eigenvalue weighted by molar-refractivity contribution is 5.88. The number of phenols is 2. The highest BCUT2D eigenvalue weighted by Gasteiger charge is 2.26. The molecular weight excluding hydrogens is 482 g/mol. The molecule has 8 nitrogen and oxygen atoms in total. The van der Waals surface area contributed by atoms with Crippen molar-refractivity contribution in [3.05, 3.63) is 59.7 Å². The summed E-state index contributed by atoms with van der Waals surface area (Å²) in [4.78, 5) is 26.0. The van der Waals surface area contributed by atoms with Crippen LogP contribution in [0.1, 0.15) is 82.3 Å². The molecule has 1 amide bonds. The molecule has 8 heteroatoms. The van der Waals surface area contributed by atoms with Crippen LogP contribution in [0.15, 0.2) is 48.5 Å². The van der Waals surface area contributed by atoms with E-state index in [-0.39, 0.29) is 24.3 Å². The van der Waals surface area contributed by atoms with Gasteiger partial charge in [0.05, 0.1) is 6.61 Å². The first-order valence-electron chi connectivity index (χ1n) is 13.9. The lowest BCUT2D eigenvalue weighted by atomic mass is 10.0.